The van der Waals surface area contributed by atoms with E-state index in [4.69, 9.17) is 5.73 Å². The predicted molar refractivity (Wildman–Crippen MR) is 80.0 cm³/mol. The van der Waals surface area contributed by atoms with Crippen molar-refractivity contribution < 1.29 is 4.79 Å². The minimum absolute atomic E-state index is 0.382. The molecule has 3 aromatic rings. The van der Waals surface area contributed by atoms with Crippen LogP contribution < -0.4 is 11.1 Å². The van der Waals surface area contributed by atoms with Crippen LogP contribution in [0, 0.1) is 0 Å². The molecule has 1 amide bonds. The summed E-state index contributed by atoms with van der Waals surface area (Å²) in [5, 5.41) is 4.02. The molecule has 2 aromatic carbocycles. The summed E-state index contributed by atoms with van der Waals surface area (Å²) in [6.07, 6.45) is 0. The van der Waals surface area contributed by atoms with E-state index in [-0.39, 0.29) is 0 Å². The summed E-state index contributed by atoms with van der Waals surface area (Å²) in [5.74, 6) is -0.0240. The van der Waals surface area contributed by atoms with Gasteiger partial charge >= 0.3 is 0 Å². The molecular weight excluding hydrogens is 250 g/mol. The molecule has 0 aliphatic heterocycles. The standard InChI is InChI=1S/C16H13N3O/c17-15(20)13-10-11-6-4-5-9-14(11)19-16(13)18-12-7-2-1-3-8-12/h1-10H,(H2,17,20)(H,18,19). The van der Waals surface area contributed by atoms with Gasteiger partial charge in [0.05, 0.1) is 11.1 Å². The zero-order chi connectivity index (χ0) is 13.9. The first-order valence-electron chi connectivity index (χ1n) is 6.26. The van der Waals surface area contributed by atoms with E-state index in [0.717, 1.165) is 16.6 Å². The molecule has 1 aromatic heterocycles. The largest absolute Gasteiger partial charge is 0.365 e. The van der Waals surface area contributed by atoms with Gasteiger partial charge in [0.1, 0.15) is 5.82 Å². The topological polar surface area (TPSA) is 68.0 Å². The van der Waals surface area contributed by atoms with Crippen LogP contribution in [0.15, 0.2) is 60.7 Å². The number of amides is 1. The van der Waals surface area contributed by atoms with Gasteiger partial charge in [-0.2, -0.15) is 0 Å². The Labute approximate surface area is 116 Å². The maximum atomic E-state index is 11.6. The van der Waals surface area contributed by atoms with Crippen molar-refractivity contribution in [1.82, 2.24) is 4.98 Å². The van der Waals surface area contributed by atoms with E-state index in [2.05, 4.69) is 10.3 Å². The zero-order valence-corrected chi connectivity index (χ0v) is 10.7. The molecular formula is C16H13N3O. The second-order valence-electron chi connectivity index (χ2n) is 4.43. The number of anilines is 2. The van der Waals surface area contributed by atoms with Crippen LogP contribution in [0.5, 0.6) is 0 Å². The molecule has 3 N–H and O–H groups in total. The Morgan fingerprint density at radius 3 is 2.45 bits per heavy atom. The van der Waals surface area contributed by atoms with Crippen molar-refractivity contribution in [2.24, 2.45) is 5.73 Å². The Morgan fingerprint density at radius 1 is 1.00 bits per heavy atom. The molecule has 0 fully saturated rings. The number of primary amides is 1. The number of nitrogens with zero attached hydrogens (tertiary/aromatic N) is 1. The van der Waals surface area contributed by atoms with Crippen LogP contribution in [-0.4, -0.2) is 10.9 Å². The number of nitrogens with one attached hydrogen (secondary N) is 1. The molecule has 0 atom stereocenters. The van der Waals surface area contributed by atoms with Crippen molar-refractivity contribution in [3.05, 3.63) is 66.2 Å². The van der Waals surface area contributed by atoms with Crippen LogP contribution in [0.4, 0.5) is 11.5 Å². The summed E-state index contributed by atoms with van der Waals surface area (Å²) in [7, 11) is 0. The Balaban J connectivity index is 2.12. The third-order valence-electron chi connectivity index (χ3n) is 3.03. The summed E-state index contributed by atoms with van der Waals surface area (Å²) in [6.45, 7) is 0. The van der Waals surface area contributed by atoms with Gasteiger partial charge in [-0.25, -0.2) is 4.98 Å². The van der Waals surface area contributed by atoms with E-state index in [1.165, 1.54) is 0 Å². The third-order valence-corrected chi connectivity index (χ3v) is 3.03. The van der Waals surface area contributed by atoms with Crippen LogP contribution in [0.3, 0.4) is 0 Å². The highest BCUT2D eigenvalue weighted by atomic mass is 16.1. The smallest absolute Gasteiger partial charge is 0.252 e. The number of para-hydroxylation sites is 2. The van der Waals surface area contributed by atoms with Crippen LogP contribution in [0.2, 0.25) is 0 Å². The van der Waals surface area contributed by atoms with Crippen LogP contribution in [0.25, 0.3) is 10.9 Å². The molecule has 0 aliphatic carbocycles. The first kappa shape index (κ1) is 12.2. The molecule has 0 aliphatic rings. The highest BCUT2D eigenvalue weighted by Gasteiger charge is 2.11. The van der Waals surface area contributed by atoms with Crippen molar-refractivity contribution in [3.63, 3.8) is 0 Å². The molecule has 0 saturated heterocycles. The molecule has 0 spiro atoms. The van der Waals surface area contributed by atoms with Gasteiger partial charge in [0.25, 0.3) is 5.91 Å². The maximum absolute atomic E-state index is 11.6. The third kappa shape index (κ3) is 2.31. The number of carbonyl (C=O) groups excluding carboxylic acids is 1. The molecule has 0 unspecified atom stereocenters. The van der Waals surface area contributed by atoms with E-state index < -0.39 is 5.91 Å². The van der Waals surface area contributed by atoms with Crippen molar-refractivity contribution in [3.8, 4) is 0 Å². The Hall–Kier alpha value is -2.88. The molecule has 0 saturated carbocycles. The molecule has 20 heavy (non-hydrogen) atoms. The highest BCUT2D eigenvalue weighted by molar-refractivity contribution is 6.01. The number of hydrogen-bond donors (Lipinski definition) is 2. The van der Waals surface area contributed by atoms with E-state index in [0.29, 0.717) is 11.4 Å². The quantitative estimate of drug-likeness (QED) is 0.763. The van der Waals surface area contributed by atoms with Gasteiger partial charge in [0.2, 0.25) is 0 Å². The van der Waals surface area contributed by atoms with Crippen molar-refractivity contribution >= 4 is 28.3 Å². The van der Waals surface area contributed by atoms with E-state index >= 15 is 0 Å². The molecule has 0 bridgehead atoms. The monoisotopic (exact) mass is 263 g/mol. The minimum Gasteiger partial charge on any atom is -0.365 e. The SMILES string of the molecule is NC(=O)c1cc2ccccc2nc1Nc1ccccc1. The first-order valence-corrected chi connectivity index (χ1v) is 6.26. The number of nitrogens with two attached hydrogens (primary N) is 1. The van der Waals surface area contributed by atoms with E-state index in [1.54, 1.807) is 6.07 Å². The van der Waals surface area contributed by atoms with Crippen molar-refractivity contribution in [2.75, 3.05) is 5.32 Å². The number of aromatic nitrogens is 1. The number of pyridine rings is 1. The second kappa shape index (κ2) is 5.01. The number of hydrogen-bond acceptors (Lipinski definition) is 3. The minimum atomic E-state index is -0.498. The fourth-order valence-corrected chi connectivity index (χ4v) is 2.06. The summed E-state index contributed by atoms with van der Waals surface area (Å²) in [5.41, 5.74) is 7.50. The average molecular weight is 263 g/mol. The predicted octanol–water partition coefficient (Wildman–Crippen LogP) is 3.08. The fraction of sp³-hybridized carbons (Fsp3) is 0. The van der Waals surface area contributed by atoms with E-state index in [9.17, 15) is 4.79 Å². The molecule has 3 rings (SSSR count). The summed E-state index contributed by atoms with van der Waals surface area (Å²) in [6, 6.07) is 18.9. The lowest BCUT2D eigenvalue weighted by atomic mass is 10.1. The summed E-state index contributed by atoms with van der Waals surface area (Å²) < 4.78 is 0. The number of rotatable bonds is 3. The average Bonchev–Trinajstić information content (AvgIpc) is 2.47. The Bertz CT molecular complexity index is 769. The van der Waals surface area contributed by atoms with Crippen LogP contribution in [0.1, 0.15) is 10.4 Å². The van der Waals surface area contributed by atoms with Gasteiger partial charge in [-0.15, -0.1) is 0 Å². The number of fused-ring (bicyclic) bond motifs is 1. The maximum Gasteiger partial charge on any atom is 0.252 e. The van der Waals surface area contributed by atoms with E-state index in [1.807, 2.05) is 54.6 Å². The lowest BCUT2D eigenvalue weighted by Crippen LogP contribution is -2.14. The second-order valence-corrected chi connectivity index (χ2v) is 4.43. The van der Waals surface area contributed by atoms with Crippen LogP contribution >= 0.6 is 0 Å². The molecule has 1 heterocycles. The van der Waals surface area contributed by atoms with Crippen molar-refractivity contribution in [1.29, 1.82) is 0 Å². The molecule has 4 nitrogen and oxygen atoms in total. The molecule has 0 radical (unpaired) electrons. The highest BCUT2D eigenvalue weighted by Crippen LogP contribution is 2.23. The van der Waals surface area contributed by atoms with Gasteiger partial charge in [0, 0.05) is 11.1 Å². The van der Waals surface area contributed by atoms with Gasteiger partial charge in [0.15, 0.2) is 0 Å². The Kier molecular flexibility index (Phi) is 3.05. The zero-order valence-electron chi connectivity index (χ0n) is 10.7. The lowest BCUT2D eigenvalue weighted by molar-refractivity contribution is 0.100. The summed E-state index contributed by atoms with van der Waals surface area (Å²) in [4.78, 5) is 16.1. The molecule has 98 valence electrons. The van der Waals surface area contributed by atoms with Crippen molar-refractivity contribution in [2.45, 2.75) is 0 Å². The van der Waals surface area contributed by atoms with Gasteiger partial charge in [-0.3, -0.25) is 4.79 Å². The lowest BCUT2D eigenvalue weighted by Gasteiger charge is -2.10. The van der Waals surface area contributed by atoms with Gasteiger partial charge < -0.3 is 11.1 Å². The normalized spacial score (nSPS) is 10.4. The fourth-order valence-electron chi connectivity index (χ4n) is 2.06. The van der Waals surface area contributed by atoms with Gasteiger partial charge in [-0.05, 0) is 24.3 Å². The molecule has 4 heteroatoms. The van der Waals surface area contributed by atoms with Gasteiger partial charge in [-0.1, -0.05) is 36.4 Å². The number of carbonyl (C=O) groups is 1. The summed E-state index contributed by atoms with van der Waals surface area (Å²) >= 11 is 0. The number of benzene rings is 2. The first-order chi connectivity index (χ1) is 9.74. The van der Waals surface area contributed by atoms with Crippen LogP contribution in [-0.2, 0) is 0 Å². The Morgan fingerprint density at radius 2 is 1.70 bits per heavy atom.